The maximum atomic E-state index is 12.9. The van der Waals surface area contributed by atoms with E-state index in [9.17, 15) is 17.6 Å². The summed E-state index contributed by atoms with van der Waals surface area (Å²) in [5, 5.41) is -0.0913. The van der Waals surface area contributed by atoms with Crippen LogP contribution in [0, 0.1) is 5.82 Å². The molecule has 0 saturated heterocycles. The molecule has 15 heavy (non-hydrogen) atoms. The summed E-state index contributed by atoms with van der Waals surface area (Å²) in [5.41, 5.74) is -0.990. The van der Waals surface area contributed by atoms with Crippen LogP contribution < -0.4 is 0 Å². The van der Waals surface area contributed by atoms with Gasteiger partial charge < -0.3 is 0 Å². The Morgan fingerprint density at radius 1 is 1.13 bits per heavy atom. The number of fused-ring (bicyclic) bond motifs is 1. The summed E-state index contributed by atoms with van der Waals surface area (Å²) in [5.74, 6) is -0.937. The Hall–Kier alpha value is -1.65. The molecular formula is C10H5F4N. The summed E-state index contributed by atoms with van der Waals surface area (Å²) >= 11 is 0. The molecule has 78 valence electrons. The summed E-state index contributed by atoms with van der Waals surface area (Å²) < 4.78 is 50.4. The molecule has 0 amide bonds. The van der Waals surface area contributed by atoms with Crippen LogP contribution in [-0.4, -0.2) is 4.98 Å². The van der Waals surface area contributed by atoms with Gasteiger partial charge in [0.05, 0.1) is 11.1 Å². The predicted molar refractivity (Wildman–Crippen MR) is 46.7 cm³/mol. The van der Waals surface area contributed by atoms with Gasteiger partial charge in [0, 0.05) is 17.6 Å². The number of pyridine rings is 1. The van der Waals surface area contributed by atoms with Crippen molar-refractivity contribution in [3.05, 3.63) is 41.8 Å². The monoisotopic (exact) mass is 215 g/mol. The Balaban J connectivity index is 2.83. The Morgan fingerprint density at radius 3 is 2.53 bits per heavy atom. The molecule has 0 saturated carbocycles. The van der Waals surface area contributed by atoms with Crippen LogP contribution in [0.25, 0.3) is 10.9 Å². The van der Waals surface area contributed by atoms with Crippen LogP contribution in [0.3, 0.4) is 0 Å². The lowest BCUT2D eigenvalue weighted by molar-refractivity contribution is -0.136. The summed E-state index contributed by atoms with van der Waals surface area (Å²) in [7, 11) is 0. The van der Waals surface area contributed by atoms with Crippen LogP contribution in [0.2, 0.25) is 0 Å². The van der Waals surface area contributed by atoms with Crippen molar-refractivity contribution < 1.29 is 17.6 Å². The third-order valence-corrected chi connectivity index (χ3v) is 1.99. The first-order valence-corrected chi connectivity index (χ1v) is 4.10. The third-order valence-electron chi connectivity index (χ3n) is 1.99. The average molecular weight is 215 g/mol. The minimum atomic E-state index is -4.57. The van der Waals surface area contributed by atoms with E-state index in [1.807, 2.05) is 0 Å². The summed E-state index contributed by atoms with van der Waals surface area (Å²) in [6, 6.07) is 4.11. The van der Waals surface area contributed by atoms with Gasteiger partial charge in [0.25, 0.3) is 0 Å². The SMILES string of the molecule is Fc1cc(C(F)(F)F)c2cccnc2c1. The maximum absolute atomic E-state index is 12.9. The number of rotatable bonds is 0. The molecular weight excluding hydrogens is 210 g/mol. The van der Waals surface area contributed by atoms with E-state index in [1.165, 1.54) is 18.3 Å². The molecule has 0 N–H and O–H groups in total. The quantitative estimate of drug-likeness (QED) is 0.614. The van der Waals surface area contributed by atoms with Gasteiger partial charge >= 0.3 is 6.18 Å². The number of benzene rings is 1. The van der Waals surface area contributed by atoms with Gasteiger partial charge in [-0.2, -0.15) is 13.2 Å². The summed E-state index contributed by atoms with van der Waals surface area (Å²) in [4.78, 5) is 3.68. The van der Waals surface area contributed by atoms with Crippen molar-refractivity contribution in [2.75, 3.05) is 0 Å². The van der Waals surface area contributed by atoms with Crippen LogP contribution in [0.15, 0.2) is 30.5 Å². The second-order valence-corrected chi connectivity index (χ2v) is 3.02. The third kappa shape index (κ3) is 1.77. The molecule has 1 heterocycles. The van der Waals surface area contributed by atoms with E-state index in [0.717, 1.165) is 6.07 Å². The Morgan fingerprint density at radius 2 is 1.87 bits per heavy atom. The van der Waals surface area contributed by atoms with Gasteiger partial charge in [-0.3, -0.25) is 4.98 Å². The van der Waals surface area contributed by atoms with Crippen molar-refractivity contribution in [2.45, 2.75) is 6.18 Å². The molecule has 0 radical (unpaired) electrons. The number of nitrogens with zero attached hydrogens (tertiary/aromatic N) is 1. The van der Waals surface area contributed by atoms with E-state index in [4.69, 9.17) is 0 Å². The molecule has 0 bridgehead atoms. The van der Waals surface area contributed by atoms with E-state index in [-0.39, 0.29) is 10.9 Å². The van der Waals surface area contributed by atoms with Crippen molar-refractivity contribution in [1.82, 2.24) is 4.98 Å². The number of alkyl halides is 3. The predicted octanol–water partition coefficient (Wildman–Crippen LogP) is 3.39. The number of hydrogen-bond donors (Lipinski definition) is 0. The first-order valence-electron chi connectivity index (χ1n) is 4.10. The van der Waals surface area contributed by atoms with Crippen molar-refractivity contribution in [3.8, 4) is 0 Å². The van der Waals surface area contributed by atoms with E-state index < -0.39 is 17.6 Å². The van der Waals surface area contributed by atoms with E-state index in [2.05, 4.69) is 4.98 Å². The molecule has 0 fully saturated rings. The molecule has 2 rings (SSSR count). The van der Waals surface area contributed by atoms with Crippen LogP contribution in [0.5, 0.6) is 0 Å². The fraction of sp³-hybridized carbons (Fsp3) is 0.100. The number of halogens is 4. The minimum Gasteiger partial charge on any atom is -0.256 e. The molecule has 1 aromatic carbocycles. The topological polar surface area (TPSA) is 12.9 Å². The molecule has 2 aromatic rings. The Bertz CT molecular complexity index is 504. The minimum absolute atomic E-state index is 0.00447. The maximum Gasteiger partial charge on any atom is 0.417 e. The normalized spacial score (nSPS) is 12.0. The highest BCUT2D eigenvalue weighted by molar-refractivity contribution is 5.82. The Kier molecular flexibility index (Phi) is 2.10. The lowest BCUT2D eigenvalue weighted by Gasteiger charge is -2.09. The molecule has 0 spiro atoms. The van der Waals surface area contributed by atoms with Crippen molar-refractivity contribution in [3.63, 3.8) is 0 Å². The van der Waals surface area contributed by atoms with Gasteiger partial charge in [-0.05, 0) is 12.1 Å². The zero-order valence-corrected chi connectivity index (χ0v) is 7.35. The molecule has 5 heteroatoms. The van der Waals surface area contributed by atoms with Crippen LogP contribution in [0.4, 0.5) is 17.6 Å². The van der Waals surface area contributed by atoms with Gasteiger partial charge in [0.2, 0.25) is 0 Å². The number of aromatic nitrogens is 1. The van der Waals surface area contributed by atoms with Gasteiger partial charge in [0.1, 0.15) is 5.82 Å². The van der Waals surface area contributed by atoms with Gasteiger partial charge in [-0.25, -0.2) is 4.39 Å². The summed E-state index contributed by atoms with van der Waals surface area (Å²) in [6.45, 7) is 0. The van der Waals surface area contributed by atoms with E-state index in [0.29, 0.717) is 6.07 Å². The lowest BCUT2D eigenvalue weighted by Crippen LogP contribution is -2.06. The molecule has 0 aliphatic carbocycles. The standard InChI is InChI=1S/C10H5F4N/c11-6-4-8(10(12,13)14)7-2-1-3-15-9(7)5-6/h1-5H. The van der Waals surface area contributed by atoms with Crippen molar-refractivity contribution >= 4 is 10.9 Å². The Labute approximate surface area is 82.4 Å². The fourth-order valence-electron chi connectivity index (χ4n) is 1.38. The zero-order valence-electron chi connectivity index (χ0n) is 7.35. The number of hydrogen-bond acceptors (Lipinski definition) is 1. The van der Waals surface area contributed by atoms with E-state index in [1.54, 1.807) is 0 Å². The smallest absolute Gasteiger partial charge is 0.256 e. The molecule has 0 aliphatic rings. The van der Waals surface area contributed by atoms with Crippen LogP contribution >= 0.6 is 0 Å². The second kappa shape index (κ2) is 3.18. The highest BCUT2D eigenvalue weighted by atomic mass is 19.4. The van der Waals surface area contributed by atoms with Crippen molar-refractivity contribution in [2.24, 2.45) is 0 Å². The van der Waals surface area contributed by atoms with E-state index >= 15 is 0 Å². The van der Waals surface area contributed by atoms with Crippen LogP contribution in [-0.2, 0) is 6.18 Å². The molecule has 0 atom stereocenters. The zero-order chi connectivity index (χ0) is 11.1. The van der Waals surface area contributed by atoms with Crippen LogP contribution in [0.1, 0.15) is 5.56 Å². The van der Waals surface area contributed by atoms with Gasteiger partial charge in [-0.15, -0.1) is 0 Å². The first-order chi connectivity index (χ1) is 6.98. The summed E-state index contributed by atoms with van der Waals surface area (Å²) in [6.07, 6.45) is -3.24. The van der Waals surface area contributed by atoms with Crippen molar-refractivity contribution in [1.29, 1.82) is 0 Å². The average Bonchev–Trinajstić information content (AvgIpc) is 2.15. The molecule has 0 aliphatic heterocycles. The molecule has 1 nitrogen and oxygen atoms in total. The molecule has 1 aromatic heterocycles. The largest absolute Gasteiger partial charge is 0.417 e. The fourth-order valence-corrected chi connectivity index (χ4v) is 1.38. The second-order valence-electron chi connectivity index (χ2n) is 3.02. The highest BCUT2D eigenvalue weighted by Crippen LogP contribution is 2.34. The van der Waals surface area contributed by atoms with Gasteiger partial charge in [-0.1, -0.05) is 6.07 Å². The molecule has 0 unspecified atom stereocenters. The first kappa shape index (κ1) is 9.89. The highest BCUT2D eigenvalue weighted by Gasteiger charge is 2.33. The lowest BCUT2D eigenvalue weighted by atomic mass is 10.1. The van der Waals surface area contributed by atoms with Gasteiger partial charge in [0.15, 0.2) is 0 Å².